The van der Waals surface area contributed by atoms with Crippen LogP contribution in [-0.2, 0) is 24.2 Å². The van der Waals surface area contributed by atoms with Crippen molar-refractivity contribution in [3.8, 4) is 0 Å². The Kier molecular flexibility index (Phi) is 7.01. The van der Waals surface area contributed by atoms with Crippen molar-refractivity contribution in [1.82, 2.24) is 15.0 Å². The highest BCUT2D eigenvalue weighted by atomic mass is 16.5. The van der Waals surface area contributed by atoms with Gasteiger partial charge in [0, 0.05) is 25.6 Å². The summed E-state index contributed by atoms with van der Waals surface area (Å²) >= 11 is 0. The number of likely N-dealkylation sites (N-methyl/N-ethyl adjacent to an activating group) is 1. The van der Waals surface area contributed by atoms with Crippen molar-refractivity contribution in [3.05, 3.63) is 53.4 Å². The summed E-state index contributed by atoms with van der Waals surface area (Å²) in [4.78, 5) is 4.26. The zero-order valence-corrected chi connectivity index (χ0v) is 16.5. The van der Waals surface area contributed by atoms with Crippen molar-refractivity contribution in [2.24, 2.45) is 0 Å². The lowest BCUT2D eigenvalue weighted by Gasteiger charge is -2.35. The van der Waals surface area contributed by atoms with Gasteiger partial charge in [0.2, 0.25) is 0 Å². The van der Waals surface area contributed by atoms with Crippen LogP contribution in [0.4, 0.5) is 0 Å². The molecule has 6 nitrogen and oxygen atoms in total. The maximum atomic E-state index is 10.1. The highest BCUT2D eigenvalue weighted by molar-refractivity contribution is 5.14. The highest BCUT2D eigenvalue weighted by Crippen LogP contribution is 2.23. The van der Waals surface area contributed by atoms with E-state index in [9.17, 15) is 5.11 Å². The van der Waals surface area contributed by atoms with E-state index in [0.717, 1.165) is 50.4 Å². The van der Waals surface area contributed by atoms with Crippen molar-refractivity contribution in [1.29, 1.82) is 0 Å². The normalized spacial score (nSPS) is 23.3. The first-order chi connectivity index (χ1) is 13.0. The largest absolute Gasteiger partial charge is 0.390 e. The Morgan fingerprint density at radius 3 is 2.63 bits per heavy atom. The number of benzene rings is 1. The summed E-state index contributed by atoms with van der Waals surface area (Å²) in [6.07, 6.45) is 1.90. The average molecular weight is 373 g/mol. The molecule has 0 amide bonds. The molecule has 0 radical (unpaired) electrons. The highest BCUT2D eigenvalue weighted by Gasteiger charge is 2.30. The first-order valence-corrected chi connectivity index (χ1v) is 9.65. The van der Waals surface area contributed by atoms with Crippen LogP contribution in [0.5, 0.6) is 0 Å². The summed E-state index contributed by atoms with van der Waals surface area (Å²) in [6.45, 7) is 2.31. The summed E-state index contributed by atoms with van der Waals surface area (Å²) in [5.41, 5.74) is 2.20. The molecule has 1 fully saturated rings. The molecule has 3 atom stereocenters. The minimum Gasteiger partial charge on any atom is -0.390 e. The molecule has 2 aromatic rings. The topological polar surface area (TPSA) is 62.0 Å². The standard InChI is InChI=1S/C21H31N3O3/c1-23(2)15-21-20(25)10-9-18(26-21)11-17-12-19(27-22-17)14-24(3)13-16-7-5-4-6-8-16/h4-8,12,18,20-21,25H,9-11,13-15H2,1-3H3. The van der Waals surface area contributed by atoms with E-state index in [1.54, 1.807) is 0 Å². The second-order valence-corrected chi connectivity index (χ2v) is 7.85. The average Bonchev–Trinajstić information content (AvgIpc) is 3.05. The molecule has 3 rings (SSSR count). The van der Waals surface area contributed by atoms with Gasteiger partial charge in [0.25, 0.3) is 0 Å². The van der Waals surface area contributed by atoms with E-state index in [1.807, 2.05) is 31.1 Å². The van der Waals surface area contributed by atoms with Gasteiger partial charge in [-0.1, -0.05) is 35.5 Å². The SMILES string of the molecule is CN(C)CC1OC(Cc2cc(CN(C)Cc3ccccc3)on2)CCC1O. The Morgan fingerprint density at radius 1 is 1.11 bits per heavy atom. The Bertz CT molecular complexity index is 689. The molecule has 1 saturated heterocycles. The quantitative estimate of drug-likeness (QED) is 0.766. The van der Waals surface area contributed by atoms with E-state index < -0.39 is 0 Å². The fraction of sp³-hybridized carbons (Fsp3) is 0.571. The Morgan fingerprint density at radius 2 is 1.89 bits per heavy atom. The van der Waals surface area contributed by atoms with Crippen molar-refractivity contribution < 1.29 is 14.4 Å². The molecule has 0 aliphatic carbocycles. The van der Waals surface area contributed by atoms with Gasteiger partial charge in [-0.05, 0) is 39.5 Å². The zero-order valence-electron chi connectivity index (χ0n) is 16.5. The van der Waals surface area contributed by atoms with Crippen LogP contribution in [0.2, 0.25) is 0 Å². The predicted octanol–water partition coefficient (Wildman–Crippen LogP) is 2.32. The molecule has 1 aromatic heterocycles. The number of nitrogens with zero attached hydrogens (tertiary/aromatic N) is 3. The van der Waals surface area contributed by atoms with Gasteiger partial charge in [-0.25, -0.2) is 0 Å². The fourth-order valence-corrected chi connectivity index (χ4v) is 3.60. The molecular formula is C21H31N3O3. The monoisotopic (exact) mass is 373 g/mol. The first kappa shape index (κ1) is 20.0. The van der Waals surface area contributed by atoms with Gasteiger partial charge >= 0.3 is 0 Å². The lowest BCUT2D eigenvalue weighted by atomic mass is 9.98. The number of hydrogen-bond acceptors (Lipinski definition) is 6. The summed E-state index contributed by atoms with van der Waals surface area (Å²) in [5, 5.41) is 14.4. The Hall–Kier alpha value is -1.73. The molecule has 1 aliphatic heterocycles. The Balaban J connectivity index is 1.50. The van der Waals surface area contributed by atoms with Crippen LogP contribution in [-0.4, -0.2) is 66.1 Å². The van der Waals surface area contributed by atoms with Crippen molar-refractivity contribution in [2.75, 3.05) is 27.7 Å². The molecule has 6 heteroatoms. The predicted molar refractivity (Wildman–Crippen MR) is 104 cm³/mol. The zero-order chi connectivity index (χ0) is 19.2. The van der Waals surface area contributed by atoms with Crippen LogP contribution in [0.1, 0.15) is 29.9 Å². The van der Waals surface area contributed by atoms with Crippen LogP contribution in [0.15, 0.2) is 40.9 Å². The lowest BCUT2D eigenvalue weighted by Crippen LogP contribution is -2.45. The molecule has 27 heavy (non-hydrogen) atoms. The van der Waals surface area contributed by atoms with Gasteiger partial charge in [-0.3, -0.25) is 4.90 Å². The second-order valence-electron chi connectivity index (χ2n) is 7.85. The van der Waals surface area contributed by atoms with Crippen LogP contribution in [0.25, 0.3) is 0 Å². The van der Waals surface area contributed by atoms with Crippen LogP contribution in [0, 0.1) is 0 Å². The third kappa shape index (κ3) is 6.14. The number of aliphatic hydroxyl groups is 1. The number of hydrogen-bond donors (Lipinski definition) is 1. The summed E-state index contributed by atoms with van der Waals surface area (Å²) in [7, 11) is 6.07. The van der Waals surface area contributed by atoms with E-state index in [-0.39, 0.29) is 18.3 Å². The molecule has 1 aliphatic rings. The summed E-state index contributed by atoms with van der Waals surface area (Å²) < 4.78 is 11.6. The van der Waals surface area contributed by atoms with E-state index in [0.29, 0.717) is 0 Å². The lowest BCUT2D eigenvalue weighted by molar-refractivity contribution is -0.122. The van der Waals surface area contributed by atoms with E-state index in [4.69, 9.17) is 9.26 Å². The maximum Gasteiger partial charge on any atom is 0.150 e. The summed E-state index contributed by atoms with van der Waals surface area (Å²) in [6, 6.07) is 12.4. The van der Waals surface area contributed by atoms with Crippen molar-refractivity contribution >= 4 is 0 Å². The molecule has 0 bridgehead atoms. The molecule has 3 unspecified atom stereocenters. The molecule has 2 heterocycles. The third-order valence-electron chi connectivity index (χ3n) is 4.89. The van der Waals surface area contributed by atoms with Gasteiger partial charge < -0.3 is 19.3 Å². The first-order valence-electron chi connectivity index (χ1n) is 9.65. The van der Waals surface area contributed by atoms with Crippen molar-refractivity contribution in [3.63, 3.8) is 0 Å². The number of rotatable bonds is 8. The summed E-state index contributed by atoms with van der Waals surface area (Å²) in [5.74, 6) is 0.865. The molecule has 1 N–H and O–H groups in total. The van der Waals surface area contributed by atoms with E-state index in [1.165, 1.54) is 5.56 Å². The third-order valence-corrected chi connectivity index (χ3v) is 4.89. The molecule has 0 spiro atoms. The molecule has 1 aromatic carbocycles. The van der Waals surface area contributed by atoms with Crippen LogP contribution < -0.4 is 0 Å². The minimum atomic E-state index is -0.386. The minimum absolute atomic E-state index is 0.0818. The Labute approximate surface area is 161 Å². The number of aromatic nitrogens is 1. The van der Waals surface area contributed by atoms with Gasteiger partial charge in [-0.15, -0.1) is 0 Å². The van der Waals surface area contributed by atoms with E-state index >= 15 is 0 Å². The number of aliphatic hydroxyl groups excluding tert-OH is 1. The van der Waals surface area contributed by atoms with Gasteiger partial charge in [0.05, 0.1) is 30.6 Å². The molecular weight excluding hydrogens is 342 g/mol. The van der Waals surface area contributed by atoms with Gasteiger partial charge in [0.1, 0.15) is 0 Å². The maximum absolute atomic E-state index is 10.1. The number of ether oxygens (including phenoxy) is 1. The van der Waals surface area contributed by atoms with Crippen LogP contribution in [0.3, 0.4) is 0 Å². The van der Waals surface area contributed by atoms with Crippen LogP contribution >= 0.6 is 0 Å². The van der Waals surface area contributed by atoms with Crippen molar-refractivity contribution in [2.45, 2.75) is 50.7 Å². The van der Waals surface area contributed by atoms with E-state index in [2.05, 4.69) is 41.4 Å². The molecule has 148 valence electrons. The molecule has 0 saturated carbocycles. The smallest absolute Gasteiger partial charge is 0.150 e. The van der Waals surface area contributed by atoms with Gasteiger partial charge in [0.15, 0.2) is 5.76 Å². The second kappa shape index (κ2) is 9.46. The van der Waals surface area contributed by atoms with Gasteiger partial charge in [-0.2, -0.15) is 0 Å². The fourth-order valence-electron chi connectivity index (χ4n) is 3.60.